The van der Waals surface area contributed by atoms with Gasteiger partial charge in [0.2, 0.25) is 5.91 Å². The van der Waals surface area contributed by atoms with Crippen LogP contribution < -0.4 is 4.90 Å². The summed E-state index contributed by atoms with van der Waals surface area (Å²) < 4.78 is 23.3. The molecule has 1 aliphatic carbocycles. The first-order valence-electron chi connectivity index (χ1n) is 8.29. The summed E-state index contributed by atoms with van der Waals surface area (Å²) in [7, 11) is -3.51. The van der Waals surface area contributed by atoms with Crippen LogP contribution in [-0.4, -0.2) is 56.6 Å². The lowest BCUT2D eigenvalue weighted by Gasteiger charge is -2.38. The van der Waals surface area contributed by atoms with Gasteiger partial charge < -0.3 is 9.80 Å². The van der Waals surface area contributed by atoms with E-state index in [1.165, 1.54) is 12.1 Å². The normalized spacial score (nSPS) is 18.8. The van der Waals surface area contributed by atoms with Crippen molar-refractivity contribution < 1.29 is 18.1 Å². The fraction of sp³-hybridized carbons (Fsp3) is 0.562. The number of sulfone groups is 1. The molecule has 0 unspecified atom stereocenters. The number of nitro benzene ring substituents is 1. The van der Waals surface area contributed by atoms with Gasteiger partial charge in [-0.05, 0) is 25.0 Å². The Labute approximate surface area is 146 Å². The van der Waals surface area contributed by atoms with E-state index in [-0.39, 0.29) is 22.4 Å². The van der Waals surface area contributed by atoms with Crippen molar-refractivity contribution in [2.45, 2.75) is 24.2 Å². The Kier molecular flexibility index (Phi) is 4.68. The van der Waals surface area contributed by atoms with E-state index in [2.05, 4.69) is 0 Å². The molecule has 136 valence electrons. The lowest BCUT2D eigenvalue weighted by molar-refractivity contribution is -0.384. The summed E-state index contributed by atoms with van der Waals surface area (Å²) in [4.78, 5) is 26.7. The zero-order chi connectivity index (χ0) is 18.2. The van der Waals surface area contributed by atoms with Crippen molar-refractivity contribution in [3.8, 4) is 0 Å². The first-order valence-corrected chi connectivity index (χ1v) is 10.2. The van der Waals surface area contributed by atoms with Gasteiger partial charge in [0, 0.05) is 44.4 Å². The summed E-state index contributed by atoms with van der Waals surface area (Å²) in [5.41, 5.74) is 0.176. The van der Waals surface area contributed by atoms with E-state index in [0.717, 1.165) is 31.6 Å². The number of carbonyl (C=O) groups is 1. The van der Waals surface area contributed by atoms with Crippen LogP contribution in [0.15, 0.2) is 23.1 Å². The summed E-state index contributed by atoms with van der Waals surface area (Å²) in [6.07, 6.45) is 4.04. The number of nitrogens with zero attached hydrogens (tertiary/aromatic N) is 3. The second kappa shape index (κ2) is 6.62. The summed E-state index contributed by atoms with van der Waals surface area (Å²) >= 11 is 0. The van der Waals surface area contributed by atoms with Crippen molar-refractivity contribution in [3.63, 3.8) is 0 Å². The fourth-order valence-electron chi connectivity index (χ4n) is 3.23. The first-order chi connectivity index (χ1) is 11.8. The Morgan fingerprint density at radius 2 is 1.84 bits per heavy atom. The highest BCUT2D eigenvalue weighted by molar-refractivity contribution is 7.90. The van der Waals surface area contributed by atoms with Gasteiger partial charge in [0.05, 0.1) is 9.82 Å². The predicted octanol–water partition coefficient (Wildman–Crippen LogP) is 1.45. The number of piperazine rings is 1. The third-order valence-corrected chi connectivity index (χ3v) is 6.07. The maximum absolute atomic E-state index is 12.3. The number of amides is 1. The molecule has 2 aliphatic rings. The lowest BCUT2D eigenvalue weighted by Crippen LogP contribution is -2.51. The molecule has 1 saturated carbocycles. The molecule has 1 saturated heterocycles. The van der Waals surface area contributed by atoms with Crippen LogP contribution in [0.2, 0.25) is 0 Å². The van der Waals surface area contributed by atoms with Gasteiger partial charge in [0.1, 0.15) is 5.69 Å². The molecule has 3 rings (SSSR count). The summed E-state index contributed by atoms with van der Waals surface area (Å²) in [5, 5.41) is 11.4. The van der Waals surface area contributed by atoms with E-state index in [1.807, 2.05) is 9.80 Å². The second-order valence-corrected chi connectivity index (χ2v) is 8.64. The average molecular weight is 367 g/mol. The number of rotatable bonds is 4. The van der Waals surface area contributed by atoms with Gasteiger partial charge in [-0.15, -0.1) is 0 Å². The molecular formula is C16H21N3O5S. The molecule has 8 nitrogen and oxygen atoms in total. The van der Waals surface area contributed by atoms with Crippen LogP contribution in [0, 0.1) is 16.0 Å². The minimum Gasteiger partial charge on any atom is -0.362 e. The standard InChI is InChI=1S/C16H21N3O5S/c1-25(23,24)13-5-6-14(15(11-13)19(21)22)17-7-9-18(10-8-17)16(20)12-3-2-4-12/h5-6,11-12H,2-4,7-10H2,1H3. The minimum absolute atomic E-state index is 0.0678. The van der Waals surface area contributed by atoms with Crippen LogP contribution >= 0.6 is 0 Å². The highest BCUT2D eigenvalue weighted by Crippen LogP contribution is 2.32. The van der Waals surface area contributed by atoms with Gasteiger partial charge in [-0.25, -0.2) is 8.42 Å². The molecule has 1 aliphatic heterocycles. The lowest BCUT2D eigenvalue weighted by atomic mass is 9.84. The molecule has 0 bridgehead atoms. The van der Waals surface area contributed by atoms with E-state index < -0.39 is 14.8 Å². The van der Waals surface area contributed by atoms with Crippen molar-refractivity contribution in [3.05, 3.63) is 28.3 Å². The van der Waals surface area contributed by atoms with Crippen LogP contribution in [0.25, 0.3) is 0 Å². The van der Waals surface area contributed by atoms with E-state index in [1.54, 1.807) is 0 Å². The number of hydrogen-bond donors (Lipinski definition) is 0. The molecule has 1 heterocycles. The van der Waals surface area contributed by atoms with Gasteiger partial charge in [-0.2, -0.15) is 0 Å². The van der Waals surface area contributed by atoms with Crippen LogP contribution in [0.5, 0.6) is 0 Å². The van der Waals surface area contributed by atoms with Crippen LogP contribution in [0.1, 0.15) is 19.3 Å². The third kappa shape index (κ3) is 3.60. The Morgan fingerprint density at radius 1 is 1.20 bits per heavy atom. The van der Waals surface area contributed by atoms with Crippen molar-refractivity contribution >= 4 is 27.1 Å². The Morgan fingerprint density at radius 3 is 2.32 bits per heavy atom. The van der Waals surface area contributed by atoms with Gasteiger partial charge in [0.25, 0.3) is 5.69 Å². The Bertz CT molecular complexity index is 796. The maximum Gasteiger partial charge on any atom is 0.293 e. The molecule has 1 aromatic rings. The van der Waals surface area contributed by atoms with Crippen molar-refractivity contribution in [2.24, 2.45) is 5.92 Å². The number of hydrogen-bond acceptors (Lipinski definition) is 6. The van der Waals surface area contributed by atoms with E-state index >= 15 is 0 Å². The van der Waals surface area contributed by atoms with Crippen molar-refractivity contribution in [2.75, 3.05) is 37.3 Å². The zero-order valence-electron chi connectivity index (χ0n) is 14.1. The van der Waals surface area contributed by atoms with Crippen LogP contribution in [0.4, 0.5) is 11.4 Å². The highest BCUT2D eigenvalue weighted by Gasteiger charge is 2.32. The Balaban J connectivity index is 1.76. The summed E-state index contributed by atoms with van der Waals surface area (Å²) in [5.74, 6) is 0.336. The van der Waals surface area contributed by atoms with Gasteiger partial charge in [0.15, 0.2) is 9.84 Å². The molecule has 9 heteroatoms. The van der Waals surface area contributed by atoms with E-state index in [0.29, 0.717) is 31.9 Å². The number of nitro groups is 1. The van der Waals surface area contributed by atoms with Gasteiger partial charge in [-0.3, -0.25) is 14.9 Å². The molecule has 1 amide bonds. The number of anilines is 1. The molecule has 0 atom stereocenters. The number of carbonyl (C=O) groups excluding carboxylic acids is 1. The molecule has 0 aromatic heterocycles. The number of benzene rings is 1. The molecule has 2 fully saturated rings. The smallest absolute Gasteiger partial charge is 0.293 e. The molecule has 0 N–H and O–H groups in total. The molecule has 25 heavy (non-hydrogen) atoms. The largest absolute Gasteiger partial charge is 0.362 e. The minimum atomic E-state index is -3.51. The predicted molar refractivity (Wildman–Crippen MR) is 92.3 cm³/mol. The van der Waals surface area contributed by atoms with Gasteiger partial charge in [-0.1, -0.05) is 6.42 Å². The first kappa shape index (κ1) is 17.7. The maximum atomic E-state index is 12.3. The molecule has 1 aromatic carbocycles. The van der Waals surface area contributed by atoms with Crippen molar-refractivity contribution in [1.82, 2.24) is 4.90 Å². The SMILES string of the molecule is CS(=O)(=O)c1ccc(N2CCN(C(=O)C3CCC3)CC2)c([N+](=O)[O-])c1. The Hall–Kier alpha value is -2.16. The van der Waals surface area contributed by atoms with Crippen LogP contribution in [-0.2, 0) is 14.6 Å². The second-order valence-electron chi connectivity index (χ2n) is 6.62. The van der Waals surface area contributed by atoms with Crippen LogP contribution in [0.3, 0.4) is 0 Å². The summed E-state index contributed by atoms with van der Waals surface area (Å²) in [6, 6.07) is 3.98. The van der Waals surface area contributed by atoms with Gasteiger partial charge >= 0.3 is 0 Å². The molecule has 0 spiro atoms. The third-order valence-electron chi connectivity index (χ3n) is 4.96. The summed E-state index contributed by atoms with van der Waals surface area (Å²) in [6.45, 7) is 2.05. The van der Waals surface area contributed by atoms with Crippen molar-refractivity contribution in [1.29, 1.82) is 0 Å². The zero-order valence-corrected chi connectivity index (χ0v) is 14.9. The van der Waals surface area contributed by atoms with E-state index in [4.69, 9.17) is 0 Å². The molecular weight excluding hydrogens is 346 g/mol. The van der Waals surface area contributed by atoms with E-state index in [9.17, 15) is 23.3 Å². The topological polar surface area (TPSA) is 101 Å². The highest BCUT2D eigenvalue weighted by atomic mass is 32.2. The quantitative estimate of drug-likeness (QED) is 0.590. The average Bonchev–Trinajstić information content (AvgIpc) is 2.52. The monoisotopic (exact) mass is 367 g/mol. The fourth-order valence-corrected chi connectivity index (χ4v) is 3.87. The molecule has 0 radical (unpaired) electrons.